The molecule has 1 heterocycles. The molecule has 0 aliphatic heterocycles. The number of hydrogen-bond donors (Lipinski definition) is 2. The molecule has 0 spiro atoms. The van der Waals surface area contributed by atoms with Crippen molar-refractivity contribution >= 4 is 68.0 Å². The first-order chi connectivity index (χ1) is 11.0. The van der Waals surface area contributed by atoms with E-state index in [0.29, 0.717) is 15.9 Å². The number of Topliss-reactive ketones (excluding diaryl/α,β-unsaturated/α-hetero) is 1. The van der Waals surface area contributed by atoms with Crippen molar-refractivity contribution in [3.8, 4) is 0 Å². The molecule has 0 aliphatic rings. The summed E-state index contributed by atoms with van der Waals surface area (Å²) in [6, 6.07) is 11.3. The predicted octanol–water partition coefficient (Wildman–Crippen LogP) is 3.66. The SMILES string of the molecule is CC(=O)c1ccc(N(N)CSC(=S)Nc2ccccc2I)cn1. The number of hydrazine groups is 1. The number of nitrogens with one attached hydrogen (secondary N) is 1. The number of rotatable bonds is 5. The van der Waals surface area contributed by atoms with Gasteiger partial charge in [0.1, 0.15) is 10.0 Å². The van der Waals surface area contributed by atoms with E-state index in [9.17, 15) is 4.79 Å². The summed E-state index contributed by atoms with van der Waals surface area (Å²) >= 11 is 8.99. The summed E-state index contributed by atoms with van der Waals surface area (Å²) in [4.78, 5) is 15.3. The van der Waals surface area contributed by atoms with Crippen molar-refractivity contribution in [2.45, 2.75) is 6.92 Å². The average Bonchev–Trinajstić information content (AvgIpc) is 2.55. The van der Waals surface area contributed by atoms with Gasteiger partial charge in [0, 0.05) is 10.5 Å². The van der Waals surface area contributed by atoms with E-state index >= 15 is 0 Å². The highest BCUT2D eigenvalue weighted by atomic mass is 127. The molecule has 5 nitrogen and oxygen atoms in total. The highest BCUT2D eigenvalue weighted by molar-refractivity contribution is 14.1. The molecule has 0 saturated heterocycles. The molecule has 0 unspecified atom stereocenters. The molecule has 1 aromatic carbocycles. The molecule has 0 saturated carbocycles. The van der Waals surface area contributed by atoms with E-state index in [-0.39, 0.29) is 5.78 Å². The number of aromatic nitrogens is 1. The van der Waals surface area contributed by atoms with E-state index < -0.39 is 0 Å². The van der Waals surface area contributed by atoms with Crippen LogP contribution < -0.4 is 16.2 Å². The molecule has 0 fully saturated rings. The van der Waals surface area contributed by atoms with Crippen LogP contribution >= 0.6 is 46.6 Å². The Morgan fingerprint density at radius 2 is 2.13 bits per heavy atom. The molecule has 2 rings (SSSR count). The quantitative estimate of drug-likeness (QED) is 0.177. The smallest absolute Gasteiger partial charge is 0.178 e. The summed E-state index contributed by atoms with van der Waals surface area (Å²) < 4.78 is 1.74. The summed E-state index contributed by atoms with van der Waals surface area (Å²) in [5.74, 6) is 6.39. The van der Waals surface area contributed by atoms with E-state index in [1.54, 1.807) is 18.3 Å². The van der Waals surface area contributed by atoms with Crippen LogP contribution in [-0.4, -0.2) is 21.0 Å². The minimum Gasteiger partial charge on any atom is -0.340 e. The van der Waals surface area contributed by atoms with Gasteiger partial charge in [-0.1, -0.05) is 36.1 Å². The van der Waals surface area contributed by atoms with Gasteiger partial charge >= 0.3 is 0 Å². The van der Waals surface area contributed by atoms with Crippen molar-refractivity contribution in [2.24, 2.45) is 5.84 Å². The molecule has 3 N–H and O–H groups in total. The number of nitrogens with zero attached hydrogens (tertiary/aromatic N) is 2. The van der Waals surface area contributed by atoms with Gasteiger partial charge in [-0.25, -0.2) is 5.84 Å². The number of thiocarbonyl (C=S) groups is 1. The van der Waals surface area contributed by atoms with Crippen LogP contribution in [0, 0.1) is 3.57 Å². The monoisotopic (exact) mass is 458 g/mol. The lowest BCUT2D eigenvalue weighted by Gasteiger charge is -2.18. The van der Waals surface area contributed by atoms with Crippen LogP contribution in [-0.2, 0) is 0 Å². The maximum atomic E-state index is 11.2. The number of ketones is 1. The third-order valence-corrected chi connectivity index (χ3v) is 5.05. The Hall–Kier alpha value is -1.23. The maximum Gasteiger partial charge on any atom is 0.178 e. The Balaban J connectivity index is 1.88. The summed E-state index contributed by atoms with van der Waals surface area (Å²) in [7, 11) is 0. The van der Waals surface area contributed by atoms with Gasteiger partial charge in [0.2, 0.25) is 0 Å². The first-order valence-corrected chi connectivity index (χ1v) is 9.12. The Bertz CT molecular complexity index is 709. The van der Waals surface area contributed by atoms with Gasteiger partial charge in [-0.2, -0.15) is 0 Å². The Morgan fingerprint density at radius 1 is 1.39 bits per heavy atom. The van der Waals surface area contributed by atoms with E-state index in [0.717, 1.165) is 14.9 Å². The average molecular weight is 458 g/mol. The maximum absolute atomic E-state index is 11.2. The fourth-order valence-corrected chi connectivity index (χ4v) is 3.05. The fraction of sp³-hybridized carbons (Fsp3) is 0.133. The van der Waals surface area contributed by atoms with Crippen LogP contribution in [0.5, 0.6) is 0 Å². The van der Waals surface area contributed by atoms with Crippen molar-refractivity contribution in [3.63, 3.8) is 0 Å². The molecular formula is C15H15IN4OS2. The molecule has 120 valence electrons. The largest absolute Gasteiger partial charge is 0.340 e. The summed E-state index contributed by atoms with van der Waals surface area (Å²) in [6.45, 7) is 1.48. The highest BCUT2D eigenvalue weighted by Crippen LogP contribution is 2.20. The predicted molar refractivity (Wildman–Crippen MR) is 109 cm³/mol. The molecule has 0 bridgehead atoms. The number of nitrogens with two attached hydrogens (primary N) is 1. The second-order valence-corrected chi connectivity index (χ2v) is 7.38. The Kier molecular flexibility index (Phi) is 6.75. The molecule has 0 radical (unpaired) electrons. The normalized spacial score (nSPS) is 10.2. The number of benzene rings is 1. The number of carbonyl (C=O) groups is 1. The topological polar surface area (TPSA) is 71.2 Å². The van der Waals surface area contributed by atoms with Crippen molar-refractivity contribution in [2.75, 3.05) is 16.2 Å². The molecule has 0 aliphatic carbocycles. The molecular weight excluding hydrogens is 443 g/mol. The van der Waals surface area contributed by atoms with Crippen LogP contribution in [0.4, 0.5) is 11.4 Å². The van der Waals surface area contributed by atoms with Gasteiger partial charge in [0.15, 0.2) is 5.78 Å². The van der Waals surface area contributed by atoms with Gasteiger partial charge in [0.05, 0.1) is 23.4 Å². The first kappa shape index (κ1) is 18.1. The van der Waals surface area contributed by atoms with E-state index in [1.807, 2.05) is 24.3 Å². The molecule has 8 heteroatoms. The standard InChI is InChI=1S/C15H15IN4OS2/c1-10(21)13-7-6-11(8-18-13)20(17)9-23-15(22)19-14-5-3-2-4-12(14)16/h2-8H,9,17H2,1H3,(H,19,22). The summed E-state index contributed by atoms with van der Waals surface area (Å²) in [5.41, 5.74) is 2.12. The van der Waals surface area contributed by atoms with Crippen LogP contribution in [0.3, 0.4) is 0 Å². The highest BCUT2D eigenvalue weighted by Gasteiger charge is 2.07. The molecule has 23 heavy (non-hydrogen) atoms. The van der Waals surface area contributed by atoms with Crippen LogP contribution in [0.25, 0.3) is 0 Å². The number of hydrogen-bond acceptors (Lipinski definition) is 6. The van der Waals surface area contributed by atoms with Gasteiger partial charge < -0.3 is 5.32 Å². The fourth-order valence-electron chi connectivity index (χ4n) is 1.68. The van der Waals surface area contributed by atoms with Gasteiger partial charge in [-0.3, -0.25) is 14.8 Å². The summed E-state index contributed by atoms with van der Waals surface area (Å²) in [5, 5.41) is 4.72. The Labute approximate surface area is 158 Å². The van der Waals surface area contributed by atoms with Gasteiger partial charge in [-0.15, -0.1) is 0 Å². The third kappa shape index (κ3) is 5.41. The van der Waals surface area contributed by atoms with Crippen LogP contribution in [0.1, 0.15) is 17.4 Å². The van der Waals surface area contributed by atoms with Crippen molar-refractivity contribution in [1.82, 2.24) is 4.98 Å². The summed E-state index contributed by atoms with van der Waals surface area (Å²) in [6.07, 6.45) is 1.58. The molecule has 0 atom stereocenters. The number of thioether (sulfide) groups is 1. The molecule has 1 aromatic heterocycles. The number of halogens is 1. The molecule has 0 amide bonds. The molecule has 2 aromatic rings. The number of carbonyl (C=O) groups excluding carboxylic acids is 1. The second kappa shape index (κ2) is 8.57. The van der Waals surface area contributed by atoms with E-state index in [1.165, 1.54) is 23.7 Å². The number of pyridine rings is 1. The minimum absolute atomic E-state index is 0.0719. The lowest BCUT2D eigenvalue weighted by Crippen LogP contribution is -2.31. The van der Waals surface area contributed by atoms with Crippen LogP contribution in [0.15, 0.2) is 42.6 Å². The van der Waals surface area contributed by atoms with Gasteiger partial charge in [0.25, 0.3) is 0 Å². The van der Waals surface area contributed by atoms with Crippen molar-refractivity contribution in [3.05, 3.63) is 51.9 Å². The third-order valence-electron chi connectivity index (χ3n) is 2.89. The van der Waals surface area contributed by atoms with E-state index in [4.69, 9.17) is 18.1 Å². The zero-order chi connectivity index (χ0) is 16.8. The first-order valence-electron chi connectivity index (χ1n) is 6.65. The van der Waals surface area contributed by atoms with Crippen LogP contribution in [0.2, 0.25) is 0 Å². The zero-order valence-corrected chi connectivity index (χ0v) is 16.1. The number of para-hydroxylation sites is 1. The lowest BCUT2D eigenvalue weighted by molar-refractivity contribution is 0.101. The second-order valence-electron chi connectivity index (χ2n) is 4.59. The van der Waals surface area contributed by atoms with E-state index in [2.05, 4.69) is 32.9 Å². The van der Waals surface area contributed by atoms with Gasteiger partial charge in [-0.05, 0) is 46.9 Å². The lowest BCUT2D eigenvalue weighted by atomic mass is 10.2. The Morgan fingerprint density at radius 3 is 2.74 bits per heavy atom. The van der Waals surface area contributed by atoms with Crippen molar-refractivity contribution in [1.29, 1.82) is 0 Å². The zero-order valence-electron chi connectivity index (χ0n) is 12.3. The number of anilines is 2. The minimum atomic E-state index is -0.0719. The van der Waals surface area contributed by atoms with Crippen molar-refractivity contribution < 1.29 is 4.79 Å².